The van der Waals surface area contributed by atoms with E-state index in [-0.39, 0.29) is 12.2 Å². The van der Waals surface area contributed by atoms with E-state index < -0.39 is 52.3 Å². The van der Waals surface area contributed by atoms with Crippen LogP contribution in [-0.4, -0.2) is 62.3 Å². The molecule has 2 aliphatic rings. The number of carbonyl (C=O) groups is 1. The first-order valence-electron chi connectivity index (χ1n) is 7.31. The molecule has 0 aliphatic carbocycles. The van der Waals surface area contributed by atoms with Gasteiger partial charge in [0.05, 0.1) is 12.2 Å². The lowest BCUT2D eigenvalue weighted by molar-refractivity contribution is -0.224. The van der Waals surface area contributed by atoms with E-state index in [1.165, 1.54) is 12.1 Å². The van der Waals surface area contributed by atoms with Crippen LogP contribution in [0.2, 0.25) is 0 Å². The van der Waals surface area contributed by atoms with Crippen molar-refractivity contribution in [3.63, 3.8) is 0 Å². The SMILES string of the molecule is O=C(O[C@H]1[C@@H]2OC[C@@H](O2)[C@H](OS(=O)(=O)C(F)(F)F)[C@@H]1O)c1ccccc1. The molecule has 0 aromatic heterocycles. The molecule has 2 saturated heterocycles. The molecule has 26 heavy (non-hydrogen) atoms. The summed E-state index contributed by atoms with van der Waals surface area (Å²) in [6.45, 7) is -0.334. The number of aliphatic hydroxyl groups is 1. The number of hydrogen-bond acceptors (Lipinski definition) is 8. The molecule has 2 heterocycles. The minimum Gasteiger partial charge on any atom is -0.450 e. The standard InChI is InChI=1S/C14H13F3O8S/c15-14(16,17)26(20,21)25-10-8-6-22-13(23-8)11(9(10)18)24-12(19)7-4-2-1-3-5-7/h1-5,8-11,13,18H,6H2/t8-,9+,10+,11-,13-/m1/s1. The van der Waals surface area contributed by atoms with E-state index >= 15 is 0 Å². The van der Waals surface area contributed by atoms with Gasteiger partial charge in [-0.2, -0.15) is 21.6 Å². The third-order valence-corrected chi connectivity index (χ3v) is 4.86. The predicted molar refractivity (Wildman–Crippen MR) is 76.1 cm³/mol. The molecule has 1 N–H and O–H groups in total. The molecule has 8 nitrogen and oxygen atoms in total. The molecule has 2 bridgehead atoms. The van der Waals surface area contributed by atoms with E-state index in [4.69, 9.17) is 14.2 Å². The van der Waals surface area contributed by atoms with Crippen molar-refractivity contribution in [3.8, 4) is 0 Å². The smallest absolute Gasteiger partial charge is 0.450 e. The lowest BCUT2D eigenvalue weighted by Gasteiger charge is -2.36. The molecule has 1 aromatic rings. The Morgan fingerprint density at radius 3 is 2.46 bits per heavy atom. The van der Waals surface area contributed by atoms with E-state index in [9.17, 15) is 31.5 Å². The van der Waals surface area contributed by atoms with Crippen molar-refractivity contribution in [2.75, 3.05) is 6.61 Å². The Labute approximate surface area is 145 Å². The van der Waals surface area contributed by atoms with Crippen LogP contribution < -0.4 is 0 Å². The second-order valence-electron chi connectivity index (χ2n) is 5.56. The summed E-state index contributed by atoms with van der Waals surface area (Å²) in [4.78, 5) is 12.1. The fourth-order valence-corrected chi connectivity index (χ4v) is 3.20. The molecular formula is C14H13F3O8S. The minimum absolute atomic E-state index is 0.111. The molecule has 1 aromatic carbocycles. The highest BCUT2D eigenvalue weighted by Crippen LogP contribution is 2.35. The van der Waals surface area contributed by atoms with Crippen molar-refractivity contribution < 1.29 is 49.9 Å². The maximum Gasteiger partial charge on any atom is 0.523 e. The predicted octanol–water partition coefficient (Wildman–Crippen LogP) is 0.563. The van der Waals surface area contributed by atoms with Gasteiger partial charge in [-0.15, -0.1) is 0 Å². The van der Waals surface area contributed by atoms with Crippen LogP contribution in [0.1, 0.15) is 10.4 Å². The first-order valence-corrected chi connectivity index (χ1v) is 8.72. The van der Waals surface area contributed by atoms with Gasteiger partial charge in [0.15, 0.2) is 12.4 Å². The molecule has 0 radical (unpaired) electrons. The van der Waals surface area contributed by atoms with Crippen molar-refractivity contribution in [2.24, 2.45) is 0 Å². The van der Waals surface area contributed by atoms with Gasteiger partial charge in [-0.1, -0.05) is 18.2 Å². The van der Waals surface area contributed by atoms with Gasteiger partial charge >= 0.3 is 21.6 Å². The molecule has 12 heteroatoms. The van der Waals surface area contributed by atoms with Crippen molar-refractivity contribution in [2.45, 2.75) is 36.2 Å². The summed E-state index contributed by atoms with van der Waals surface area (Å²) in [5.41, 5.74) is -5.57. The summed E-state index contributed by atoms with van der Waals surface area (Å²) in [5, 5.41) is 10.2. The second kappa shape index (κ2) is 6.78. The maximum atomic E-state index is 12.5. The Hall–Kier alpha value is -1.73. The quantitative estimate of drug-likeness (QED) is 0.445. The molecule has 0 spiro atoms. The van der Waals surface area contributed by atoms with Crippen LogP contribution in [-0.2, 0) is 28.5 Å². The number of halogens is 3. The monoisotopic (exact) mass is 398 g/mol. The van der Waals surface area contributed by atoms with Gasteiger partial charge in [-0.25, -0.2) is 4.79 Å². The molecule has 2 fully saturated rings. The van der Waals surface area contributed by atoms with Gasteiger partial charge < -0.3 is 19.3 Å². The van der Waals surface area contributed by atoms with Gasteiger partial charge in [-0.05, 0) is 12.1 Å². The summed E-state index contributed by atoms with van der Waals surface area (Å²) in [5.74, 6) is -0.898. The van der Waals surface area contributed by atoms with Crippen LogP contribution in [0.4, 0.5) is 13.2 Å². The van der Waals surface area contributed by atoms with E-state index in [1.807, 2.05) is 0 Å². The first kappa shape index (κ1) is 19.0. The Balaban J connectivity index is 1.78. The average Bonchev–Trinajstić information content (AvgIpc) is 3.01. The number of benzene rings is 1. The Morgan fingerprint density at radius 2 is 1.85 bits per heavy atom. The Bertz CT molecular complexity index is 766. The molecule has 0 amide bonds. The largest absolute Gasteiger partial charge is 0.523 e. The van der Waals surface area contributed by atoms with Gasteiger partial charge in [0, 0.05) is 0 Å². The molecule has 0 saturated carbocycles. The highest BCUT2D eigenvalue weighted by atomic mass is 32.2. The van der Waals surface area contributed by atoms with Crippen LogP contribution in [0, 0.1) is 0 Å². The van der Waals surface area contributed by atoms with Crippen LogP contribution >= 0.6 is 0 Å². The fraction of sp³-hybridized carbons (Fsp3) is 0.500. The zero-order valence-corrected chi connectivity index (χ0v) is 13.6. The van der Waals surface area contributed by atoms with Crippen molar-refractivity contribution >= 4 is 16.1 Å². The number of ether oxygens (including phenoxy) is 3. The third kappa shape index (κ3) is 3.55. The Morgan fingerprint density at radius 1 is 1.19 bits per heavy atom. The summed E-state index contributed by atoms with van der Waals surface area (Å²) in [7, 11) is -5.99. The lowest BCUT2D eigenvalue weighted by atomic mass is 10.0. The van der Waals surface area contributed by atoms with Gasteiger partial charge in [0.1, 0.15) is 18.3 Å². The topological polar surface area (TPSA) is 108 Å². The van der Waals surface area contributed by atoms with Gasteiger partial charge in [0.25, 0.3) is 0 Å². The normalized spacial score (nSPS) is 31.6. The molecule has 144 valence electrons. The number of esters is 1. The number of rotatable bonds is 4. The fourth-order valence-electron chi connectivity index (χ4n) is 2.56. The minimum atomic E-state index is -5.99. The molecule has 0 unspecified atom stereocenters. The molecular weight excluding hydrogens is 385 g/mol. The van der Waals surface area contributed by atoms with Crippen molar-refractivity contribution in [1.29, 1.82) is 0 Å². The summed E-state index contributed by atoms with van der Waals surface area (Å²) in [6, 6.07) is 7.58. The average molecular weight is 398 g/mol. The first-order chi connectivity index (χ1) is 12.1. The number of carbonyl (C=O) groups excluding carboxylic acids is 1. The van der Waals surface area contributed by atoms with E-state index in [0.29, 0.717) is 0 Å². The van der Waals surface area contributed by atoms with Crippen LogP contribution in [0.15, 0.2) is 30.3 Å². The van der Waals surface area contributed by atoms with E-state index in [0.717, 1.165) is 0 Å². The van der Waals surface area contributed by atoms with Crippen molar-refractivity contribution in [3.05, 3.63) is 35.9 Å². The zero-order valence-electron chi connectivity index (χ0n) is 12.8. The highest BCUT2D eigenvalue weighted by molar-refractivity contribution is 7.87. The zero-order chi connectivity index (χ0) is 19.1. The number of hydrogen-bond donors (Lipinski definition) is 1. The van der Waals surface area contributed by atoms with Crippen LogP contribution in [0.25, 0.3) is 0 Å². The van der Waals surface area contributed by atoms with Gasteiger partial charge in [0.2, 0.25) is 0 Å². The summed E-state index contributed by atoms with van der Waals surface area (Å²) >= 11 is 0. The van der Waals surface area contributed by atoms with Gasteiger partial charge in [-0.3, -0.25) is 4.18 Å². The van der Waals surface area contributed by atoms with Crippen molar-refractivity contribution in [1.82, 2.24) is 0 Å². The van der Waals surface area contributed by atoms with E-state index in [1.54, 1.807) is 18.2 Å². The summed E-state index contributed by atoms with van der Waals surface area (Å²) < 4.78 is 79.5. The summed E-state index contributed by atoms with van der Waals surface area (Å²) in [6.07, 6.45) is -7.95. The number of alkyl halides is 3. The van der Waals surface area contributed by atoms with E-state index in [2.05, 4.69) is 4.18 Å². The van der Waals surface area contributed by atoms with Crippen LogP contribution in [0.5, 0.6) is 0 Å². The molecule has 3 rings (SSSR count). The van der Waals surface area contributed by atoms with Crippen LogP contribution in [0.3, 0.4) is 0 Å². The maximum absolute atomic E-state index is 12.5. The lowest BCUT2D eigenvalue weighted by Crippen LogP contribution is -2.57. The number of fused-ring (bicyclic) bond motifs is 2. The highest BCUT2D eigenvalue weighted by Gasteiger charge is 2.57. The number of aliphatic hydroxyl groups excluding tert-OH is 1. The molecule has 5 atom stereocenters. The third-order valence-electron chi connectivity index (χ3n) is 3.82. The second-order valence-corrected chi connectivity index (χ2v) is 7.13. The Kier molecular flexibility index (Phi) is 4.96. The molecule has 2 aliphatic heterocycles.